The Morgan fingerprint density at radius 2 is 1.59 bits per heavy atom. The minimum Gasteiger partial charge on any atom is -0.393 e. The van der Waals surface area contributed by atoms with Crippen molar-refractivity contribution in [3.8, 4) is 0 Å². The molecule has 4 nitrogen and oxygen atoms in total. The van der Waals surface area contributed by atoms with Crippen LogP contribution >= 0.6 is 0 Å². The van der Waals surface area contributed by atoms with Gasteiger partial charge in [0.05, 0.1) is 23.9 Å². The van der Waals surface area contributed by atoms with Gasteiger partial charge in [0.25, 0.3) is 0 Å². The van der Waals surface area contributed by atoms with Crippen LogP contribution in [0.2, 0.25) is 0 Å². The lowest BCUT2D eigenvalue weighted by molar-refractivity contribution is -0.274. The minimum absolute atomic E-state index is 0.0264. The van der Waals surface area contributed by atoms with Crippen molar-refractivity contribution < 1.29 is 20.4 Å². The molecule has 0 heterocycles. The summed E-state index contributed by atoms with van der Waals surface area (Å²) in [5, 5.41) is 46.0. The van der Waals surface area contributed by atoms with Crippen molar-refractivity contribution in [2.75, 3.05) is 0 Å². The molecule has 4 aliphatic rings. The van der Waals surface area contributed by atoms with Gasteiger partial charge in [-0.3, -0.25) is 0 Å². The third-order valence-electron chi connectivity index (χ3n) is 12.3. The van der Waals surface area contributed by atoms with Gasteiger partial charge < -0.3 is 20.4 Å². The Kier molecular flexibility index (Phi) is 6.50. The summed E-state index contributed by atoms with van der Waals surface area (Å²) in [5.74, 6) is 0.442. The molecular formula is C30H52O4. The van der Waals surface area contributed by atoms with Crippen molar-refractivity contribution in [1.82, 2.24) is 0 Å². The SMILES string of the molecule is CC(C)=CCC[C@@](C)(O)C1CC[C@]2(C)C1C(O)CC1C3(C)CCC(O)C(C)(C)C3C(O)CC12C. The summed E-state index contributed by atoms with van der Waals surface area (Å²) in [6, 6.07) is 0. The molecule has 11 atom stereocenters. The van der Waals surface area contributed by atoms with E-state index in [4.69, 9.17) is 0 Å². The van der Waals surface area contributed by atoms with Crippen molar-refractivity contribution in [1.29, 1.82) is 0 Å². The molecule has 4 N–H and O–H groups in total. The van der Waals surface area contributed by atoms with E-state index in [0.717, 1.165) is 51.4 Å². The van der Waals surface area contributed by atoms with Crippen LogP contribution in [0.4, 0.5) is 0 Å². The van der Waals surface area contributed by atoms with Crippen LogP contribution in [0.25, 0.3) is 0 Å². The maximum atomic E-state index is 11.8. The minimum atomic E-state index is -0.810. The van der Waals surface area contributed by atoms with E-state index < -0.39 is 23.9 Å². The molecule has 0 aliphatic heterocycles. The van der Waals surface area contributed by atoms with Gasteiger partial charge in [0.2, 0.25) is 0 Å². The van der Waals surface area contributed by atoms with E-state index in [0.29, 0.717) is 5.92 Å². The molecule has 0 aromatic heterocycles. The maximum Gasteiger partial charge on any atom is 0.0654 e. The lowest BCUT2D eigenvalue weighted by Gasteiger charge is -2.71. The normalized spacial score (nSPS) is 51.6. The van der Waals surface area contributed by atoms with Gasteiger partial charge >= 0.3 is 0 Å². The molecule has 0 bridgehead atoms. The Morgan fingerprint density at radius 1 is 0.941 bits per heavy atom. The summed E-state index contributed by atoms with van der Waals surface area (Å²) >= 11 is 0. The summed E-state index contributed by atoms with van der Waals surface area (Å²) in [6.07, 6.45) is 7.54. The average molecular weight is 477 g/mol. The van der Waals surface area contributed by atoms with E-state index in [9.17, 15) is 20.4 Å². The van der Waals surface area contributed by atoms with Crippen LogP contribution < -0.4 is 0 Å². The van der Waals surface area contributed by atoms with Gasteiger partial charge in [-0.2, -0.15) is 0 Å². The van der Waals surface area contributed by atoms with Gasteiger partial charge in [-0.25, -0.2) is 0 Å². The van der Waals surface area contributed by atoms with Gasteiger partial charge in [-0.15, -0.1) is 0 Å². The fourth-order valence-electron chi connectivity index (χ4n) is 10.5. The Hall–Kier alpha value is -0.420. The van der Waals surface area contributed by atoms with Crippen LogP contribution in [0.5, 0.6) is 0 Å². The molecule has 4 saturated carbocycles. The molecule has 4 heteroatoms. The lowest BCUT2D eigenvalue weighted by Crippen LogP contribution is -2.69. The molecule has 4 aliphatic carbocycles. The van der Waals surface area contributed by atoms with E-state index >= 15 is 0 Å². The zero-order chi connectivity index (χ0) is 25.5. The molecule has 9 unspecified atom stereocenters. The van der Waals surface area contributed by atoms with Gasteiger partial charge in [-0.1, -0.05) is 46.3 Å². The van der Waals surface area contributed by atoms with E-state index in [-0.39, 0.29) is 39.4 Å². The molecule has 4 fully saturated rings. The standard InChI is InChI=1S/C30H52O4/c1-18(2)10-9-13-30(8,34)19-11-15-28(6)24(19)20(31)16-22-27(5)14-12-23(33)26(3,4)25(27)21(32)17-29(22,28)7/h10,19-25,31-34H,9,11-17H2,1-8H3/t19?,20?,21?,22?,23?,24?,25?,27?,28-,29?,30-/m1/s1. The Labute approximate surface area is 208 Å². The molecule has 0 spiro atoms. The molecule has 0 aromatic carbocycles. The highest BCUT2D eigenvalue weighted by atomic mass is 16.3. The number of hydrogen-bond acceptors (Lipinski definition) is 4. The number of fused-ring (bicyclic) bond motifs is 5. The second kappa shape index (κ2) is 8.30. The summed E-state index contributed by atoms with van der Waals surface area (Å²) in [4.78, 5) is 0. The average Bonchev–Trinajstić information content (AvgIpc) is 3.07. The Morgan fingerprint density at radius 3 is 2.21 bits per heavy atom. The molecule has 34 heavy (non-hydrogen) atoms. The molecule has 0 saturated heterocycles. The highest BCUT2D eigenvalue weighted by Crippen LogP contribution is 2.75. The molecular weight excluding hydrogens is 424 g/mol. The molecule has 0 amide bonds. The maximum absolute atomic E-state index is 11.8. The summed E-state index contributed by atoms with van der Waals surface area (Å²) in [6.45, 7) is 17.5. The van der Waals surface area contributed by atoms with Crippen LogP contribution in [0.3, 0.4) is 0 Å². The number of hydrogen-bond donors (Lipinski definition) is 4. The van der Waals surface area contributed by atoms with Crippen LogP contribution in [-0.4, -0.2) is 44.3 Å². The zero-order valence-electron chi connectivity index (χ0n) is 23.1. The van der Waals surface area contributed by atoms with Gasteiger partial charge in [0.1, 0.15) is 0 Å². The number of aliphatic hydroxyl groups excluding tert-OH is 3. The summed E-state index contributed by atoms with van der Waals surface area (Å²) < 4.78 is 0. The topological polar surface area (TPSA) is 80.9 Å². The van der Waals surface area contributed by atoms with Crippen LogP contribution in [0.15, 0.2) is 11.6 Å². The highest BCUT2D eigenvalue weighted by molar-refractivity contribution is 5.21. The third kappa shape index (κ3) is 3.60. The van der Waals surface area contributed by atoms with Crippen LogP contribution in [0, 0.1) is 45.3 Å². The second-order valence-electron chi connectivity index (χ2n) is 14.7. The summed E-state index contributed by atoms with van der Waals surface area (Å²) in [5.41, 5.74) is -0.230. The lowest BCUT2D eigenvalue weighted by atomic mass is 9.34. The van der Waals surface area contributed by atoms with Crippen molar-refractivity contribution in [3.63, 3.8) is 0 Å². The number of allylic oxidation sites excluding steroid dienone is 2. The van der Waals surface area contributed by atoms with Crippen LogP contribution in [0.1, 0.15) is 107 Å². The first kappa shape index (κ1) is 26.6. The van der Waals surface area contributed by atoms with Gasteiger partial charge in [-0.05, 0) is 117 Å². The van der Waals surface area contributed by atoms with E-state index in [1.807, 2.05) is 6.92 Å². The van der Waals surface area contributed by atoms with Crippen molar-refractivity contribution in [3.05, 3.63) is 11.6 Å². The number of aliphatic hydroxyl groups is 4. The first-order chi connectivity index (χ1) is 15.5. The predicted octanol–water partition coefficient (Wildman–Crippen LogP) is 5.47. The monoisotopic (exact) mass is 476 g/mol. The molecule has 196 valence electrons. The van der Waals surface area contributed by atoms with E-state index in [1.165, 1.54) is 5.57 Å². The molecule has 4 rings (SSSR count). The number of rotatable bonds is 4. The summed E-state index contributed by atoms with van der Waals surface area (Å²) in [7, 11) is 0. The van der Waals surface area contributed by atoms with Crippen LogP contribution in [-0.2, 0) is 0 Å². The quantitative estimate of drug-likeness (QED) is 0.406. The fraction of sp³-hybridized carbons (Fsp3) is 0.933. The van der Waals surface area contributed by atoms with Crippen molar-refractivity contribution in [2.24, 2.45) is 45.3 Å². The largest absolute Gasteiger partial charge is 0.393 e. The Bertz CT molecular complexity index is 813. The van der Waals surface area contributed by atoms with Gasteiger partial charge in [0.15, 0.2) is 0 Å². The first-order valence-corrected chi connectivity index (χ1v) is 13.9. The zero-order valence-corrected chi connectivity index (χ0v) is 23.1. The molecule has 0 radical (unpaired) electrons. The fourth-order valence-corrected chi connectivity index (χ4v) is 10.5. The molecule has 0 aromatic rings. The van der Waals surface area contributed by atoms with Crippen molar-refractivity contribution >= 4 is 0 Å². The third-order valence-corrected chi connectivity index (χ3v) is 12.3. The van der Waals surface area contributed by atoms with Gasteiger partial charge in [0, 0.05) is 0 Å². The highest BCUT2D eigenvalue weighted by Gasteiger charge is 2.72. The van der Waals surface area contributed by atoms with Crippen molar-refractivity contribution in [2.45, 2.75) is 131 Å². The second-order valence-corrected chi connectivity index (χ2v) is 14.7. The smallest absolute Gasteiger partial charge is 0.0654 e. The Balaban J connectivity index is 1.70. The predicted molar refractivity (Wildman–Crippen MR) is 137 cm³/mol. The van der Waals surface area contributed by atoms with E-state index in [1.54, 1.807) is 0 Å². The van der Waals surface area contributed by atoms with E-state index in [2.05, 4.69) is 54.5 Å². The first-order valence-electron chi connectivity index (χ1n) is 13.9.